The second-order valence-corrected chi connectivity index (χ2v) is 4.07. The van der Waals surface area contributed by atoms with E-state index in [0.717, 1.165) is 24.2 Å². The van der Waals surface area contributed by atoms with Crippen LogP contribution >= 0.6 is 0 Å². The summed E-state index contributed by atoms with van der Waals surface area (Å²) in [6.45, 7) is 0. The lowest BCUT2D eigenvalue weighted by atomic mass is 10.2. The van der Waals surface area contributed by atoms with Crippen LogP contribution in [0.25, 0.3) is 5.69 Å². The SMILES string of the molecule is O=C(Nc1cccc(-n2cnnn2)c1)C1CC1. The number of amides is 1. The lowest BCUT2D eigenvalue weighted by molar-refractivity contribution is -0.117. The van der Waals surface area contributed by atoms with E-state index in [1.54, 1.807) is 4.68 Å². The first-order valence-corrected chi connectivity index (χ1v) is 5.47. The predicted octanol–water partition coefficient (Wildman–Crippen LogP) is 1.01. The molecule has 0 aliphatic heterocycles. The number of anilines is 1. The number of nitrogens with zero attached hydrogens (tertiary/aromatic N) is 4. The third-order valence-corrected chi connectivity index (χ3v) is 2.68. The van der Waals surface area contributed by atoms with Crippen LogP contribution in [-0.2, 0) is 4.79 Å². The zero-order valence-electron chi connectivity index (χ0n) is 9.08. The molecule has 0 spiro atoms. The van der Waals surface area contributed by atoms with Crippen LogP contribution in [0.5, 0.6) is 0 Å². The van der Waals surface area contributed by atoms with Crippen LogP contribution in [-0.4, -0.2) is 26.1 Å². The number of rotatable bonds is 3. The summed E-state index contributed by atoms with van der Waals surface area (Å²) in [5, 5.41) is 13.8. The van der Waals surface area contributed by atoms with Gasteiger partial charge in [-0.2, -0.15) is 0 Å². The minimum Gasteiger partial charge on any atom is -0.326 e. The Labute approximate surface area is 97.6 Å². The topological polar surface area (TPSA) is 72.7 Å². The van der Waals surface area contributed by atoms with Crippen molar-refractivity contribution < 1.29 is 4.79 Å². The van der Waals surface area contributed by atoms with Gasteiger partial charge >= 0.3 is 0 Å². The van der Waals surface area contributed by atoms with E-state index in [4.69, 9.17) is 0 Å². The Bertz CT molecular complexity index is 533. The highest BCUT2D eigenvalue weighted by molar-refractivity contribution is 5.94. The molecule has 1 fully saturated rings. The molecule has 6 heteroatoms. The summed E-state index contributed by atoms with van der Waals surface area (Å²) in [7, 11) is 0. The molecule has 3 rings (SSSR count). The van der Waals surface area contributed by atoms with Gasteiger partial charge in [0, 0.05) is 11.6 Å². The second-order valence-electron chi connectivity index (χ2n) is 4.07. The van der Waals surface area contributed by atoms with Crippen LogP contribution in [0.15, 0.2) is 30.6 Å². The first kappa shape index (κ1) is 9.95. The first-order chi connectivity index (χ1) is 8.33. The molecule has 1 heterocycles. The van der Waals surface area contributed by atoms with Gasteiger partial charge in [-0.3, -0.25) is 4.79 Å². The normalized spacial score (nSPS) is 14.6. The van der Waals surface area contributed by atoms with Crippen LogP contribution in [0.1, 0.15) is 12.8 Å². The number of benzene rings is 1. The second kappa shape index (κ2) is 3.97. The third kappa shape index (κ3) is 2.15. The van der Waals surface area contributed by atoms with Gasteiger partial charge in [0.25, 0.3) is 0 Å². The van der Waals surface area contributed by atoms with E-state index in [2.05, 4.69) is 20.8 Å². The van der Waals surface area contributed by atoms with Crippen molar-refractivity contribution in [3.8, 4) is 5.69 Å². The highest BCUT2D eigenvalue weighted by Crippen LogP contribution is 2.30. The van der Waals surface area contributed by atoms with E-state index in [9.17, 15) is 4.79 Å². The Hall–Kier alpha value is -2.24. The van der Waals surface area contributed by atoms with E-state index >= 15 is 0 Å². The summed E-state index contributed by atoms with van der Waals surface area (Å²) < 4.78 is 1.55. The highest BCUT2D eigenvalue weighted by Gasteiger charge is 2.29. The zero-order valence-corrected chi connectivity index (χ0v) is 9.08. The molecule has 1 aliphatic carbocycles. The Balaban J connectivity index is 1.81. The maximum atomic E-state index is 11.6. The summed E-state index contributed by atoms with van der Waals surface area (Å²) in [6, 6.07) is 7.44. The number of nitrogens with one attached hydrogen (secondary N) is 1. The molecule has 1 N–H and O–H groups in total. The van der Waals surface area contributed by atoms with E-state index < -0.39 is 0 Å². The number of hydrogen-bond acceptors (Lipinski definition) is 4. The monoisotopic (exact) mass is 229 g/mol. The van der Waals surface area contributed by atoms with Crippen LogP contribution < -0.4 is 5.32 Å². The molecule has 6 nitrogen and oxygen atoms in total. The van der Waals surface area contributed by atoms with Gasteiger partial charge < -0.3 is 5.32 Å². The van der Waals surface area contributed by atoms with Crippen molar-refractivity contribution in [1.29, 1.82) is 0 Å². The molecule has 0 saturated heterocycles. The van der Waals surface area contributed by atoms with Gasteiger partial charge in [-0.05, 0) is 41.5 Å². The molecule has 1 aliphatic rings. The smallest absolute Gasteiger partial charge is 0.227 e. The van der Waals surface area contributed by atoms with Crippen LogP contribution in [0.3, 0.4) is 0 Å². The lowest BCUT2D eigenvalue weighted by Gasteiger charge is -2.06. The average Bonchev–Trinajstić information content (AvgIpc) is 3.05. The largest absolute Gasteiger partial charge is 0.326 e. The summed E-state index contributed by atoms with van der Waals surface area (Å²) in [6.07, 6.45) is 3.51. The fourth-order valence-corrected chi connectivity index (χ4v) is 1.60. The Morgan fingerprint density at radius 1 is 1.41 bits per heavy atom. The van der Waals surface area contributed by atoms with Crippen molar-refractivity contribution in [2.24, 2.45) is 5.92 Å². The van der Waals surface area contributed by atoms with Crippen LogP contribution in [0, 0.1) is 5.92 Å². The third-order valence-electron chi connectivity index (χ3n) is 2.68. The Morgan fingerprint density at radius 3 is 3.00 bits per heavy atom. The highest BCUT2D eigenvalue weighted by atomic mass is 16.2. The Morgan fingerprint density at radius 2 is 2.29 bits per heavy atom. The summed E-state index contributed by atoms with van der Waals surface area (Å²) in [5.41, 5.74) is 1.60. The molecule has 0 radical (unpaired) electrons. The number of carbonyl (C=O) groups excluding carboxylic acids is 1. The lowest BCUT2D eigenvalue weighted by Crippen LogP contribution is -2.13. The van der Waals surface area contributed by atoms with Crippen molar-refractivity contribution in [1.82, 2.24) is 20.2 Å². The van der Waals surface area contributed by atoms with E-state index in [1.807, 2.05) is 24.3 Å². The van der Waals surface area contributed by atoms with E-state index in [1.165, 1.54) is 6.33 Å². The van der Waals surface area contributed by atoms with Gasteiger partial charge in [-0.1, -0.05) is 6.07 Å². The zero-order chi connectivity index (χ0) is 11.7. The van der Waals surface area contributed by atoms with Crippen molar-refractivity contribution >= 4 is 11.6 Å². The van der Waals surface area contributed by atoms with Gasteiger partial charge in [0.1, 0.15) is 6.33 Å². The maximum Gasteiger partial charge on any atom is 0.227 e. The molecule has 1 saturated carbocycles. The molecule has 1 amide bonds. The van der Waals surface area contributed by atoms with Crippen molar-refractivity contribution in [2.45, 2.75) is 12.8 Å². The molecule has 0 atom stereocenters. The van der Waals surface area contributed by atoms with Crippen LogP contribution in [0.4, 0.5) is 5.69 Å². The minimum absolute atomic E-state index is 0.0962. The quantitative estimate of drug-likeness (QED) is 0.852. The molecular formula is C11H11N5O. The van der Waals surface area contributed by atoms with E-state index in [-0.39, 0.29) is 11.8 Å². The first-order valence-electron chi connectivity index (χ1n) is 5.47. The molecule has 1 aromatic heterocycles. The molecule has 17 heavy (non-hydrogen) atoms. The standard InChI is InChI=1S/C11H11N5O/c17-11(8-4-5-8)13-9-2-1-3-10(6-9)16-7-12-14-15-16/h1-3,6-8H,4-5H2,(H,13,17). The number of aromatic nitrogens is 4. The summed E-state index contributed by atoms with van der Waals surface area (Å²) in [5.74, 6) is 0.297. The fraction of sp³-hybridized carbons (Fsp3) is 0.273. The van der Waals surface area contributed by atoms with E-state index in [0.29, 0.717) is 0 Å². The molecule has 1 aromatic carbocycles. The van der Waals surface area contributed by atoms with Crippen molar-refractivity contribution in [3.05, 3.63) is 30.6 Å². The molecular weight excluding hydrogens is 218 g/mol. The van der Waals surface area contributed by atoms with Gasteiger partial charge in [0.05, 0.1) is 5.69 Å². The average molecular weight is 229 g/mol. The number of carbonyl (C=O) groups is 1. The molecule has 0 bridgehead atoms. The number of hydrogen-bond donors (Lipinski definition) is 1. The van der Waals surface area contributed by atoms with Crippen molar-refractivity contribution in [3.63, 3.8) is 0 Å². The predicted molar refractivity (Wildman–Crippen MR) is 60.5 cm³/mol. The maximum absolute atomic E-state index is 11.6. The molecule has 0 unspecified atom stereocenters. The van der Waals surface area contributed by atoms with Gasteiger partial charge in [0.2, 0.25) is 5.91 Å². The van der Waals surface area contributed by atoms with Crippen LogP contribution in [0.2, 0.25) is 0 Å². The summed E-state index contributed by atoms with van der Waals surface area (Å²) in [4.78, 5) is 11.6. The fourth-order valence-electron chi connectivity index (χ4n) is 1.60. The molecule has 2 aromatic rings. The van der Waals surface area contributed by atoms with Gasteiger partial charge in [-0.25, -0.2) is 4.68 Å². The Kier molecular flexibility index (Phi) is 2.32. The minimum atomic E-state index is 0.0962. The van der Waals surface area contributed by atoms with Crippen molar-refractivity contribution in [2.75, 3.05) is 5.32 Å². The van der Waals surface area contributed by atoms with Gasteiger partial charge in [0.15, 0.2) is 0 Å². The molecule has 86 valence electrons. The number of tetrazole rings is 1. The van der Waals surface area contributed by atoms with Gasteiger partial charge in [-0.15, -0.1) is 5.10 Å². The summed E-state index contributed by atoms with van der Waals surface area (Å²) >= 11 is 0.